The van der Waals surface area contributed by atoms with Crippen molar-refractivity contribution in [1.82, 2.24) is 0 Å². The summed E-state index contributed by atoms with van der Waals surface area (Å²) in [4.78, 5) is 11.6. The molecule has 0 saturated heterocycles. The van der Waals surface area contributed by atoms with Gasteiger partial charge in [-0.1, -0.05) is 58.4 Å². The molecule has 4 rings (SSSR count). The quantitative estimate of drug-likeness (QED) is 0.275. The van der Waals surface area contributed by atoms with Crippen molar-refractivity contribution < 1.29 is 9.53 Å². The van der Waals surface area contributed by atoms with Crippen LogP contribution >= 0.6 is 0 Å². The molecule has 0 radical (unpaired) electrons. The van der Waals surface area contributed by atoms with Crippen molar-refractivity contribution >= 4 is 5.97 Å². The van der Waals surface area contributed by atoms with E-state index in [0.717, 1.165) is 30.6 Å². The highest BCUT2D eigenvalue weighted by Crippen LogP contribution is 2.72. The molecule has 0 aromatic heterocycles. The highest BCUT2D eigenvalue weighted by atomic mass is 16.5. The molecular weight excluding hydrogens is 416 g/mol. The van der Waals surface area contributed by atoms with E-state index in [1.165, 1.54) is 63.4 Å². The first-order chi connectivity index (χ1) is 16.0. The molecule has 0 amide bonds. The minimum atomic E-state index is -0.109. The first kappa shape index (κ1) is 26.0. The van der Waals surface area contributed by atoms with Crippen LogP contribution in [-0.4, -0.2) is 12.1 Å². The van der Waals surface area contributed by atoms with Gasteiger partial charge in [-0.05, 0) is 123 Å². The van der Waals surface area contributed by atoms with Crippen molar-refractivity contribution in [2.24, 2.45) is 45.8 Å². The minimum absolute atomic E-state index is 0.109. The van der Waals surface area contributed by atoms with Gasteiger partial charge in [-0.2, -0.15) is 0 Å². The Morgan fingerprint density at radius 2 is 1.82 bits per heavy atom. The zero-order chi connectivity index (χ0) is 24.9. The zero-order valence-electron chi connectivity index (χ0n) is 23.3. The Balaban J connectivity index is 1.53. The lowest BCUT2D eigenvalue weighted by Gasteiger charge is -2.61. The Labute approximate surface area is 210 Å². The highest BCUT2D eigenvalue weighted by molar-refractivity contribution is 5.66. The maximum absolute atomic E-state index is 11.6. The predicted molar refractivity (Wildman–Crippen MR) is 142 cm³/mol. The minimum Gasteiger partial charge on any atom is -0.463 e. The molecule has 34 heavy (non-hydrogen) atoms. The second-order valence-electron chi connectivity index (χ2n) is 13.6. The molecule has 0 aromatic rings. The Morgan fingerprint density at radius 3 is 2.47 bits per heavy atom. The van der Waals surface area contributed by atoms with Crippen LogP contribution in [0.1, 0.15) is 119 Å². The van der Waals surface area contributed by atoms with Crippen LogP contribution in [-0.2, 0) is 9.53 Å². The summed E-state index contributed by atoms with van der Waals surface area (Å²) in [6, 6.07) is 0. The van der Waals surface area contributed by atoms with Gasteiger partial charge in [-0.25, -0.2) is 0 Å². The number of carbonyl (C=O) groups excluding carboxylic acids is 1. The van der Waals surface area contributed by atoms with Crippen molar-refractivity contribution in [2.45, 2.75) is 125 Å². The van der Waals surface area contributed by atoms with Gasteiger partial charge in [0, 0.05) is 6.92 Å². The monoisotopic (exact) mass is 468 g/mol. The highest BCUT2D eigenvalue weighted by Gasteiger charge is 2.63. The van der Waals surface area contributed by atoms with Gasteiger partial charge in [0.25, 0.3) is 0 Å². The summed E-state index contributed by atoms with van der Waals surface area (Å²) in [5.74, 6) is 3.63. The van der Waals surface area contributed by atoms with E-state index in [-0.39, 0.29) is 12.1 Å². The van der Waals surface area contributed by atoms with Gasteiger partial charge in [-0.3, -0.25) is 4.79 Å². The first-order valence-electron chi connectivity index (χ1n) is 14.5. The molecule has 3 saturated carbocycles. The molecule has 0 aromatic carbocycles. The van der Waals surface area contributed by atoms with E-state index in [4.69, 9.17) is 4.74 Å². The van der Waals surface area contributed by atoms with Gasteiger partial charge in [0.2, 0.25) is 0 Å². The average Bonchev–Trinajstić information content (AvgIpc) is 3.05. The zero-order valence-corrected chi connectivity index (χ0v) is 23.3. The number of hydrogen-bond acceptors (Lipinski definition) is 2. The second-order valence-corrected chi connectivity index (χ2v) is 13.6. The maximum Gasteiger partial charge on any atom is 0.302 e. The number of allylic oxidation sites excluding steroid dienone is 3. The predicted octanol–water partition coefficient (Wildman–Crippen LogP) is 8.91. The Hall–Kier alpha value is -1.05. The van der Waals surface area contributed by atoms with Crippen molar-refractivity contribution in [3.63, 3.8) is 0 Å². The van der Waals surface area contributed by atoms with E-state index in [9.17, 15) is 4.79 Å². The molecule has 4 aliphatic rings. The van der Waals surface area contributed by atoms with Gasteiger partial charge in [0.1, 0.15) is 6.10 Å². The molecule has 2 nitrogen and oxygen atoms in total. The SMILES string of the molecule is C=C(C)C(CC)CCC(C)C1CCC2(C)C3CCC4CC(OC(C)=O)CCC4(C)C3=CCC12C. The topological polar surface area (TPSA) is 26.3 Å². The van der Waals surface area contributed by atoms with Gasteiger partial charge < -0.3 is 4.74 Å². The third kappa shape index (κ3) is 4.13. The molecule has 3 fully saturated rings. The van der Waals surface area contributed by atoms with E-state index >= 15 is 0 Å². The maximum atomic E-state index is 11.6. The summed E-state index contributed by atoms with van der Waals surface area (Å²) in [5.41, 5.74) is 4.32. The van der Waals surface area contributed by atoms with E-state index < -0.39 is 0 Å². The molecule has 0 bridgehead atoms. The Kier molecular flexibility index (Phi) is 7.22. The molecule has 9 unspecified atom stereocenters. The third-order valence-electron chi connectivity index (χ3n) is 12.1. The molecular formula is C32H52O2. The number of esters is 1. The lowest BCUT2D eigenvalue weighted by molar-refractivity contribution is -0.151. The first-order valence-corrected chi connectivity index (χ1v) is 14.5. The van der Waals surface area contributed by atoms with E-state index in [0.29, 0.717) is 28.1 Å². The molecule has 0 N–H and O–H groups in total. The largest absolute Gasteiger partial charge is 0.463 e. The van der Waals surface area contributed by atoms with Crippen LogP contribution in [0.3, 0.4) is 0 Å². The summed E-state index contributed by atoms with van der Waals surface area (Å²) >= 11 is 0. The Morgan fingerprint density at radius 1 is 1.09 bits per heavy atom. The fourth-order valence-electron chi connectivity index (χ4n) is 9.62. The molecule has 0 aliphatic heterocycles. The van der Waals surface area contributed by atoms with Crippen LogP contribution in [0.15, 0.2) is 23.8 Å². The van der Waals surface area contributed by atoms with E-state index in [1.807, 2.05) is 0 Å². The van der Waals surface area contributed by atoms with Crippen LogP contribution in [0, 0.1) is 45.8 Å². The van der Waals surface area contributed by atoms with Crippen LogP contribution in [0.2, 0.25) is 0 Å². The van der Waals surface area contributed by atoms with Crippen molar-refractivity contribution in [2.75, 3.05) is 0 Å². The Bertz CT molecular complexity index is 825. The number of fused-ring (bicyclic) bond motifs is 5. The number of carbonyl (C=O) groups is 1. The van der Waals surface area contributed by atoms with Crippen LogP contribution in [0.5, 0.6) is 0 Å². The number of rotatable bonds is 7. The van der Waals surface area contributed by atoms with Crippen LogP contribution < -0.4 is 0 Å². The molecule has 9 atom stereocenters. The fraction of sp³-hybridized carbons (Fsp3) is 0.844. The van der Waals surface area contributed by atoms with Gasteiger partial charge in [-0.15, -0.1) is 0 Å². The molecule has 192 valence electrons. The van der Waals surface area contributed by atoms with E-state index in [2.05, 4.69) is 54.2 Å². The van der Waals surface area contributed by atoms with Gasteiger partial charge >= 0.3 is 5.97 Å². The molecule has 2 heteroatoms. The summed E-state index contributed by atoms with van der Waals surface area (Å²) in [6.07, 6.45) is 16.7. The normalized spacial score (nSPS) is 43.1. The molecule has 4 aliphatic carbocycles. The van der Waals surface area contributed by atoms with Crippen molar-refractivity contribution in [1.29, 1.82) is 0 Å². The summed E-state index contributed by atoms with van der Waals surface area (Å²) < 4.78 is 5.67. The van der Waals surface area contributed by atoms with Crippen LogP contribution in [0.4, 0.5) is 0 Å². The second kappa shape index (κ2) is 9.44. The van der Waals surface area contributed by atoms with Gasteiger partial charge in [0.05, 0.1) is 0 Å². The lowest BCUT2D eigenvalue weighted by Crippen LogP contribution is -2.53. The summed E-state index contributed by atoms with van der Waals surface area (Å²) in [6.45, 7) is 20.8. The van der Waals surface area contributed by atoms with E-state index in [1.54, 1.807) is 12.5 Å². The number of hydrogen-bond donors (Lipinski definition) is 0. The standard InChI is InChI=1S/C32H52O2/c1-9-24(21(2)3)11-10-22(4)27-15-18-32(8)29-13-12-25-20-26(34-23(5)33)14-17-30(25,6)28(29)16-19-31(27,32)7/h16,22,24-27,29H,2,9-15,17-20H2,1,3-8H3. The van der Waals surface area contributed by atoms with Gasteiger partial charge in [0.15, 0.2) is 0 Å². The molecule has 0 heterocycles. The molecule has 0 spiro atoms. The van der Waals surface area contributed by atoms with Crippen LogP contribution in [0.25, 0.3) is 0 Å². The van der Waals surface area contributed by atoms with Crippen molar-refractivity contribution in [3.05, 3.63) is 23.8 Å². The third-order valence-corrected chi connectivity index (χ3v) is 12.1. The average molecular weight is 469 g/mol. The summed E-state index contributed by atoms with van der Waals surface area (Å²) in [7, 11) is 0. The van der Waals surface area contributed by atoms with Crippen molar-refractivity contribution in [3.8, 4) is 0 Å². The summed E-state index contributed by atoms with van der Waals surface area (Å²) in [5, 5.41) is 0. The lowest BCUT2D eigenvalue weighted by atomic mass is 9.44. The smallest absolute Gasteiger partial charge is 0.302 e. The fourth-order valence-corrected chi connectivity index (χ4v) is 9.62. The number of ether oxygens (including phenoxy) is 1.